The van der Waals surface area contributed by atoms with E-state index >= 15 is 0 Å². The van der Waals surface area contributed by atoms with Gasteiger partial charge in [0.15, 0.2) is 12.2 Å². The summed E-state index contributed by atoms with van der Waals surface area (Å²) in [7, 11) is -10.0. The first-order valence-electron chi connectivity index (χ1n) is 38.4. The van der Waals surface area contributed by atoms with Gasteiger partial charge in [0, 0.05) is 25.7 Å². The number of aliphatic hydroxyl groups excluding tert-OH is 1. The Labute approximate surface area is 616 Å². The number of ether oxygens (including phenoxy) is 4. The van der Waals surface area contributed by atoms with Crippen molar-refractivity contribution in [1.82, 2.24) is 0 Å². The maximum atomic E-state index is 13.1. The summed E-state index contributed by atoms with van der Waals surface area (Å²) in [4.78, 5) is 72.9. The summed E-state index contributed by atoms with van der Waals surface area (Å²) in [6, 6.07) is 0. The van der Waals surface area contributed by atoms with Crippen LogP contribution in [0.1, 0.15) is 272 Å². The standard InChI is InChI=1S/C83H134O17P2/c1-5-9-13-17-21-25-29-33-35-37-38-40-41-45-48-52-56-60-64-68-81(86)94-74-79(100-83(88)70-66-62-58-54-50-46-42-39-36-34-30-26-22-18-14-10-6-2)76-98-102(91,92)96-72-77(84)71-95-101(89,90)97-75-78(99-82(87)69-65-61-57-53-49-44-32-28-24-20-16-12-8-4)73-93-80(85)67-63-59-55-51-47-43-31-27-23-19-15-11-7-3/h9-10,13-16,19-22,25-28,31-36,38,40,42,45-46,48,54,58,77-79,84H,5-8,11-12,17-18,23-24,29-30,37,39,41,43-44,47,49-53,55-57,59-76H2,1-4H3,(H,89,90)(H,91,92)/b13-9-,14-10-,19-15-,20-16-,25-21-,26-22-,31-27-,32-28-,35-33-,36-34-,40-38-,46-42-,48-45-,58-54-. The first kappa shape index (κ1) is 96.4. The van der Waals surface area contributed by atoms with Gasteiger partial charge in [0.05, 0.1) is 26.4 Å². The molecule has 0 heterocycles. The van der Waals surface area contributed by atoms with Gasteiger partial charge in [-0.1, -0.05) is 256 Å². The lowest BCUT2D eigenvalue weighted by Crippen LogP contribution is -2.30. The number of esters is 4. The predicted molar refractivity (Wildman–Crippen MR) is 417 cm³/mol. The average Bonchev–Trinajstić information content (AvgIpc) is 0.923. The largest absolute Gasteiger partial charge is 0.472 e. The lowest BCUT2D eigenvalue weighted by Gasteiger charge is -2.21. The lowest BCUT2D eigenvalue weighted by molar-refractivity contribution is -0.161. The number of rotatable bonds is 70. The number of hydrogen-bond donors (Lipinski definition) is 3. The van der Waals surface area contributed by atoms with Crippen molar-refractivity contribution >= 4 is 39.5 Å². The number of unbranched alkanes of at least 4 members (excludes halogenated alkanes) is 16. The van der Waals surface area contributed by atoms with Crippen LogP contribution in [0, 0.1) is 0 Å². The second kappa shape index (κ2) is 73.7. The zero-order valence-electron chi connectivity index (χ0n) is 63.0. The third kappa shape index (κ3) is 72.8. The van der Waals surface area contributed by atoms with Crippen molar-refractivity contribution in [3.63, 3.8) is 0 Å². The third-order valence-corrected chi connectivity index (χ3v) is 17.0. The fraction of sp³-hybridized carbons (Fsp3) is 0.614. The average molecular weight is 1470 g/mol. The lowest BCUT2D eigenvalue weighted by atomic mass is 10.1. The highest BCUT2D eigenvalue weighted by atomic mass is 31.2. The maximum Gasteiger partial charge on any atom is 0.472 e. The summed E-state index contributed by atoms with van der Waals surface area (Å²) in [6.45, 7) is 4.35. The summed E-state index contributed by atoms with van der Waals surface area (Å²) in [5.41, 5.74) is 0. The number of aliphatic hydroxyl groups is 1. The Hall–Kier alpha value is -5.58. The molecular weight excluding hydrogens is 1330 g/mol. The molecular formula is C83H134O17P2. The molecule has 578 valence electrons. The molecule has 5 atom stereocenters. The Morgan fingerprint density at radius 2 is 0.520 bits per heavy atom. The molecule has 5 unspecified atom stereocenters. The maximum absolute atomic E-state index is 13.1. The van der Waals surface area contributed by atoms with Gasteiger partial charge in [0.2, 0.25) is 0 Å². The highest BCUT2D eigenvalue weighted by Gasteiger charge is 2.30. The molecule has 0 aliphatic rings. The van der Waals surface area contributed by atoms with Crippen LogP contribution in [0.2, 0.25) is 0 Å². The summed E-state index contributed by atoms with van der Waals surface area (Å²) in [5, 5.41) is 10.6. The van der Waals surface area contributed by atoms with E-state index in [1.54, 1.807) is 0 Å². The molecule has 0 rings (SSSR count). The number of carbonyl (C=O) groups excluding carboxylic acids is 4. The van der Waals surface area contributed by atoms with Crippen LogP contribution < -0.4 is 0 Å². The molecule has 0 aromatic heterocycles. The van der Waals surface area contributed by atoms with Gasteiger partial charge < -0.3 is 33.8 Å². The minimum Gasteiger partial charge on any atom is -0.462 e. The first-order chi connectivity index (χ1) is 49.7. The summed E-state index contributed by atoms with van der Waals surface area (Å²) in [6.07, 6.45) is 86.4. The van der Waals surface area contributed by atoms with E-state index in [1.165, 1.54) is 0 Å². The molecule has 0 saturated heterocycles. The Morgan fingerprint density at radius 3 is 0.833 bits per heavy atom. The SMILES string of the molecule is CC/C=C\C/C=C\C/C=C\C/C=C\C/C=C\CCCCCC(=O)OCC(COP(=O)(O)OCC(O)COP(=O)(O)OCC(COC(=O)CCCCCCC/C=C\C/C=C\CCC)OC(=O)CCCCCCC/C=C\C/C=C\CCC)OC(=O)CCC/C=C\C/C=C\C/C=C\C/C=C\C/C=C\CC. The molecule has 3 N–H and O–H groups in total. The van der Waals surface area contributed by atoms with E-state index in [0.29, 0.717) is 32.1 Å². The van der Waals surface area contributed by atoms with Crippen LogP contribution in [0.3, 0.4) is 0 Å². The van der Waals surface area contributed by atoms with Crippen molar-refractivity contribution in [3.8, 4) is 0 Å². The molecule has 0 aromatic rings. The Balaban J connectivity index is 5.47. The minimum atomic E-state index is -5.01. The summed E-state index contributed by atoms with van der Waals surface area (Å²) < 4.78 is 68.4. The van der Waals surface area contributed by atoms with Crippen molar-refractivity contribution < 1.29 is 80.2 Å². The van der Waals surface area contributed by atoms with Crippen molar-refractivity contribution in [1.29, 1.82) is 0 Å². The van der Waals surface area contributed by atoms with E-state index in [1.807, 2.05) is 12.2 Å². The predicted octanol–water partition coefficient (Wildman–Crippen LogP) is 22.2. The van der Waals surface area contributed by atoms with E-state index < -0.39 is 97.5 Å². The fourth-order valence-corrected chi connectivity index (χ4v) is 10.9. The molecule has 0 amide bonds. The fourth-order valence-electron chi connectivity index (χ4n) is 9.36. The highest BCUT2D eigenvalue weighted by molar-refractivity contribution is 7.47. The molecule has 0 aliphatic heterocycles. The monoisotopic (exact) mass is 1460 g/mol. The second-order valence-electron chi connectivity index (χ2n) is 24.8. The Bertz CT molecular complexity index is 2600. The molecule has 0 radical (unpaired) electrons. The van der Waals surface area contributed by atoms with Gasteiger partial charge in [0.25, 0.3) is 0 Å². The molecule has 0 saturated carbocycles. The van der Waals surface area contributed by atoms with E-state index in [-0.39, 0.29) is 25.7 Å². The number of phosphoric ester groups is 2. The van der Waals surface area contributed by atoms with Crippen LogP contribution in [0.5, 0.6) is 0 Å². The smallest absolute Gasteiger partial charge is 0.462 e. The van der Waals surface area contributed by atoms with E-state index in [4.69, 9.17) is 37.0 Å². The number of carbonyl (C=O) groups is 4. The van der Waals surface area contributed by atoms with Crippen molar-refractivity contribution in [3.05, 3.63) is 170 Å². The van der Waals surface area contributed by atoms with Crippen molar-refractivity contribution in [2.75, 3.05) is 39.6 Å². The van der Waals surface area contributed by atoms with Crippen LogP contribution in [-0.2, 0) is 65.4 Å². The van der Waals surface area contributed by atoms with Crippen LogP contribution >= 0.6 is 15.6 Å². The molecule has 0 aliphatic carbocycles. The van der Waals surface area contributed by atoms with Gasteiger partial charge in [-0.25, -0.2) is 9.13 Å². The quantitative estimate of drug-likeness (QED) is 0.0169. The van der Waals surface area contributed by atoms with E-state index in [0.717, 1.165) is 186 Å². The summed E-state index contributed by atoms with van der Waals surface area (Å²) >= 11 is 0. The second-order valence-corrected chi connectivity index (χ2v) is 27.7. The molecule has 19 heteroatoms. The summed E-state index contributed by atoms with van der Waals surface area (Å²) in [5.74, 6) is -2.33. The van der Waals surface area contributed by atoms with Crippen LogP contribution in [-0.4, -0.2) is 96.7 Å². The van der Waals surface area contributed by atoms with Gasteiger partial charge in [-0.05, 0) is 161 Å². The molecule has 0 aromatic carbocycles. The van der Waals surface area contributed by atoms with Gasteiger partial charge >= 0.3 is 39.5 Å². The zero-order valence-corrected chi connectivity index (χ0v) is 64.8. The van der Waals surface area contributed by atoms with Crippen LogP contribution in [0.4, 0.5) is 0 Å². The van der Waals surface area contributed by atoms with Crippen LogP contribution in [0.15, 0.2) is 170 Å². The third-order valence-electron chi connectivity index (χ3n) is 15.1. The Morgan fingerprint density at radius 1 is 0.284 bits per heavy atom. The van der Waals surface area contributed by atoms with Crippen LogP contribution in [0.25, 0.3) is 0 Å². The van der Waals surface area contributed by atoms with E-state index in [9.17, 15) is 43.2 Å². The first-order valence-corrected chi connectivity index (χ1v) is 41.4. The number of hydrogen-bond acceptors (Lipinski definition) is 15. The highest BCUT2D eigenvalue weighted by Crippen LogP contribution is 2.45. The molecule has 0 bridgehead atoms. The van der Waals surface area contributed by atoms with Gasteiger partial charge in [-0.2, -0.15) is 0 Å². The topological polar surface area (TPSA) is 237 Å². The zero-order chi connectivity index (χ0) is 74.6. The van der Waals surface area contributed by atoms with Gasteiger partial charge in [-0.15, -0.1) is 0 Å². The Kier molecular flexibility index (Phi) is 69.7. The van der Waals surface area contributed by atoms with E-state index in [2.05, 4.69) is 186 Å². The van der Waals surface area contributed by atoms with Crippen molar-refractivity contribution in [2.45, 2.75) is 290 Å². The molecule has 0 spiro atoms. The van der Waals surface area contributed by atoms with Gasteiger partial charge in [-0.3, -0.25) is 37.3 Å². The number of allylic oxidation sites excluding steroid dienone is 28. The van der Waals surface area contributed by atoms with Gasteiger partial charge in [0.1, 0.15) is 19.3 Å². The molecule has 0 fully saturated rings. The van der Waals surface area contributed by atoms with Crippen molar-refractivity contribution in [2.24, 2.45) is 0 Å². The normalized spacial score (nSPS) is 14.9. The number of phosphoric acid groups is 2. The molecule has 102 heavy (non-hydrogen) atoms. The molecule has 17 nitrogen and oxygen atoms in total. The minimum absolute atomic E-state index is 0.00188.